The molecule has 100 valence electrons. The Labute approximate surface area is 113 Å². The van der Waals surface area contributed by atoms with Gasteiger partial charge in [0.25, 0.3) is 0 Å². The Balaban J connectivity index is 2.00. The van der Waals surface area contributed by atoms with Crippen molar-refractivity contribution in [1.29, 1.82) is 0 Å². The summed E-state index contributed by atoms with van der Waals surface area (Å²) in [6, 6.07) is 8.74. The summed E-state index contributed by atoms with van der Waals surface area (Å²) >= 11 is 0. The van der Waals surface area contributed by atoms with Crippen molar-refractivity contribution in [2.45, 2.75) is 43.9 Å². The molecule has 0 radical (unpaired) electrons. The second kappa shape index (κ2) is 6.48. The summed E-state index contributed by atoms with van der Waals surface area (Å²) in [5.74, 6) is 0.740. The molecule has 0 saturated heterocycles. The van der Waals surface area contributed by atoms with E-state index in [4.69, 9.17) is 0 Å². The van der Waals surface area contributed by atoms with Crippen LogP contribution in [0.15, 0.2) is 24.3 Å². The molecule has 0 bridgehead atoms. The van der Waals surface area contributed by atoms with Gasteiger partial charge in [0, 0.05) is 27.8 Å². The van der Waals surface area contributed by atoms with E-state index in [2.05, 4.69) is 36.5 Å². The van der Waals surface area contributed by atoms with Crippen molar-refractivity contribution >= 4 is 10.8 Å². The molecule has 3 heteroatoms. The number of hydrogen-bond acceptors (Lipinski definition) is 2. The van der Waals surface area contributed by atoms with E-state index in [9.17, 15) is 4.21 Å². The van der Waals surface area contributed by atoms with Crippen molar-refractivity contribution in [2.24, 2.45) is 0 Å². The van der Waals surface area contributed by atoms with Gasteiger partial charge in [-0.05, 0) is 32.4 Å². The molecule has 2 rings (SSSR count). The SMILES string of the molecule is CNC(CS(=O)C1CCCC1)c1ccc(C)cc1. The van der Waals surface area contributed by atoms with E-state index in [1.54, 1.807) is 0 Å². The summed E-state index contributed by atoms with van der Waals surface area (Å²) in [5.41, 5.74) is 2.51. The summed E-state index contributed by atoms with van der Waals surface area (Å²) in [6.45, 7) is 2.09. The zero-order valence-corrected chi connectivity index (χ0v) is 12.1. The lowest BCUT2D eigenvalue weighted by molar-refractivity contribution is 0.627. The Morgan fingerprint density at radius 2 is 1.89 bits per heavy atom. The lowest BCUT2D eigenvalue weighted by Crippen LogP contribution is -2.26. The first kappa shape index (κ1) is 13.8. The Morgan fingerprint density at radius 3 is 2.44 bits per heavy atom. The van der Waals surface area contributed by atoms with Gasteiger partial charge in [-0.1, -0.05) is 42.7 Å². The van der Waals surface area contributed by atoms with Crippen molar-refractivity contribution in [3.8, 4) is 0 Å². The van der Waals surface area contributed by atoms with Crippen molar-refractivity contribution in [3.63, 3.8) is 0 Å². The maximum absolute atomic E-state index is 12.3. The molecule has 1 aromatic carbocycles. The first-order valence-electron chi connectivity index (χ1n) is 6.81. The molecule has 1 aliphatic carbocycles. The van der Waals surface area contributed by atoms with E-state index in [1.807, 2.05) is 7.05 Å². The smallest absolute Gasteiger partial charge is 0.0434 e. The maximum Gasteiger partial charge on any atom is 0.0434 e. The standard InChI is InChI=1S/C15H23NOS/c1-12-7-9-13(10-8-12)15(16-2)11-18(17)14-5-3-4-6-14/h7-10,14-16H,3-6,11H2,1-2H3. The molecule has 0 heterocycles. The fourth-order valence-corrected chi connectivity index (χ4v) is 4.42. The predicted molar refractivity (Wildman–Crippen MR) is 78.2 cm³/mol. The maximum atomic E-state index is 12.3. The molecular formula is C15H23NOS. The predicted octanol–water partition coefficient (Wildman–Crippen LogP) is 2.95. The highest BCUT2D eigenvalue weighted by Gasteiger charge is 2.23. The van der Waals surface area contributed by atoms with Crippen LogP contribution in [-0.2, 0) is 10.8 Å². The van der Waals surface area contributed by atoms with Gasteiger partial charge in [0.1, 0.15) is 0 Å². The number of aryl methyl sites for hydroxylation is 1. The van der Waals surface area contributed by atoms with Crippen LogP contribution in [0.3, 0.4) is 0 Å². The minimum absolute atomic E-state index is 0.215. The summed E-state index contributed by atoms with van der Waals surface area (Å²) in [5, 5.41) is 3.74. The molecule has 1 N–H and O–H groups in total. The molecule has 2 unspecified atom stereocenters. The van der Waals surface area contributed by atoms with Gasteiger partial charge in [-0.3, -0.25) is 4.21 Å². The first-order valence-corrected chi connectivity index (χ1v) is 8.20. The van der Waals surface area contributed by atoms with E-state index >= 15 is 0 Å². The highest BCUT2D eigenvalue weighted by molar-refractivity contribution is 7.85. The topological polar surface area (TPSA) is 29.1 Å². The van der Waals surface area contributed by atoms with Crippen molar-refractivity contribution < 1.29 is 4.21 Å². The normalized spacial score (nSPS) is 19.9. The van der Waals surface area contributed by atoms with Gasteiger partial charge in [0.05, 0.1) is 0 Å². The van der Waals surface area contributed by atoms with Crippen LogP contribution in [0.5, 0.6) is 0 Å². The third-order valence-corrected chi connectivity index (χ3v) is 5.71. The number of nitrogens with one attached hydrogen (secondary N) is 1. The Bertz CT molecular complexity index is 395. The monoisotopic (exact) mass is 265 g/mol. The molecule has 1 saturated carbocycles. The molecule has 1 aromatic rings. The summed E-state index contributed by atoms with van der Waals surface area (Å²) in [6.07, 6.45) is 4.81. The van der Waals surface area contributed by atoms with Crippen molar-refractivity contribution in [3.05, 3.63) is 35.4 Å². The van der Waals surface area contributed by atoms with Gasteiger partial charge in [-0.2, -0.15) is 0 Å². The summed E-state index contributed by atoms with van der Waals surface area (Å²) < 4.78 is 12.3. The fraction of sp³-hybridized carbons (Fsp3) is 0.600. The number of benzene rings is 1. The molecule has 0 aromatic heterocycles. The Kier molecular flexibility index (Phi) is 4.95. The lowest BCUT2D eigenvalue weighted by Gasteiger charge is -2.19. The van der Waals surface area contributed by atoms with Gasteiger partial charge in [-0.15, -0.1) is 0 Å². The van der Waals surface area contributed by atoms with Crippen LogP contribution in [0.2, 0.25) is 0 Å². The molecule has 1 aliphatic rings. The fourth-order valence-electron chi connectivity index (χ4n) is 2.60. The molecular weight excluding hydrogens is 242 g/mol. The third-order valence-electron chi connectivity index (χ3n) is 3.83. The van der Waals surface area contributed by atoms with E-state index in [0.717, 1.165) is 18.6 Å². The van der Waals surface area contributed by atoms with Crippen molar-refractivity contribution in [2.75, 3.05) is 12.8 Å². The number of rotatable bonds is 5. The third kappa shape index (κ3) is 3.42. The molecule has 2 atom stereocenters. The van der Waals surface area contributed by atoms with Gasteiger partial charge in [0.2, 0.25) is 0 Å². The summed E-state index contributed by atoms with van der Waals surface area (Å²) in [4.78, 5) is 0. The van der Waals surface area contributed by atoms with Gasteiger partial charge >= 0.3 is 0 Å². The minimum atomic E-state index is -0.694. The Morgan fingerprint density at radius 1 is 1.28 bits per heavy atom. The van der Waals surface area contributed by atoms with E-state index in [-0.39, 0.29) is 6.04 Å². The minimum Gasteiger partial charge on any atom is -0.312 e. The van der Waals surface area contributed by atoms with Crippen LogP contribution >= 0.6 is 0 Å². The first-order chi connectivity index (χ1) is 8.70. The van der Waals surface area contributed by atoms with Crippen LogP contribution in [0.25, 0.3) is 0 Å². The van der Waals surface area contributed by atoms with Crippen LogP contribution in [0.1, 0.15) is 42.9 Å². The van der Waals surface area contributed by atoms with Gasteiger partial charge < -0.3 is 5.32 Å². The second-order valence-corrected chi connectivity index (χ2v) is 6.97. The van der Waals surface area contributed by atoms with Gasteiger partial charge in [-0.25, -0.2) is 0 Å². The summed E-state index contributed by atoms with van der Waals surface area (Å²) in [7, 11) is 1.26. The highest BCUT2D eigenvalue weighted by atomic mass is 32.2. The zero-order valence-electron chi connectivity index (χ0n) is 11.3. The number of hydrogen-bond donors (Lipinski definition) is 1. The Hall–Kier alpha value is -0.670. The average Bonchev–Trinajstić information content (AvgIpc) is 2.91. The zero-order chi connectivity index (χ0) is 13.0. The van der Waals surface area contributed by atoms with E-state index in [1.165, 1.54) is 24.0 Å². The molecule has 2 nitrogen and oxygen atoms in total. The van der Waals surface area contributed by atoms with Crippen LogP contribution in [0, 0.1) is 6.92 Å². The van der Waals surface area contributed by atoms with E-state index in [0.29, 0.717) is 5.25 Å². The quantitative estimate of drug-likeness (QED) is 0.887. The van der Waals surface area contributed by atoms with Crippen molar-refractivity contribution in [1.82, 2.24) is 5.32 Å². The molecule has 0 amide bonds. The van der Waals surface area contributed by atoms with Crippen LogP contribution < -0.4 is 5.32 Å². The van der Waals surface area contributed by atoms with Crippen LogP contribution in [-0.4, -0.2) is 22.3 Å². The largest absolute Gasteiger partial charge is 0.312 e. The average molecular weight is 265 g/mol. The molecule has 1 fully saturated rings. The highest BCUT2D eigenvalue weighted by Crippen LogP contribution is 2.25. The molecule has 0 spiro atoms. The van der Waals surface area contributed by atoms with Gasteiger partial charge in [0.15, 0.2) is 0 Å². The molecule has 18 heavy (non-hydrogen) atoms. The molecule has 0 aliphatic heterocycles. The lowest BCUT2D eigenvalue weighted by atomic mass is 10.1. The second-order valence-electron chi connectivity index (χ2n) is 5.21. The van der Waals surface area contributed by atoms with E-state index < -0.39 is 10.8 Å². The van der Waals surface area contributed by atoms with Crippen LogP contribution in [0.4, 0.5) is 0 Å².